The minimum atomic E-state index is -1.02. The molecule has 0 radical (unpaired) electrons. The first-order chi connectivity index (χ1) is 25.7. The maximum atomic E-state index is 13.3. The van der Waals surface area contributed by atoms with Crippen LogP contribution in [0.5, 0.6) is 0 Å². The van der Waals surface area contributed by atoms with E-state index in [1.807, 2.05) is 60.7 Å². The predicted octanol–water partition coefficient (Wildman–Crippen LogP) is 7.13. The van der Waals surface area contributed by atoms with Crippen molar-refractivity contribution >= 4 is 34.4 Å². The first kappa shape index (κ1) is 36.0. The Labute approximate surface area is 308 Å². The van der Waals surface area contributed by atoms with Gasteiger partial charge in [-0.2, -0.15) is 0 Å². The van der Waals surface area contributed by atoms with Crippen LogP contribution in [0.3, 0.4) is 0 Å². The lowest BCUT2D eigenvalue weighted by atomic mass is 9.98. The van der Waals surface area contributed by atoms with Crippen molar-refractivity contribution in [3.8, 4) is 0 Å². The van der Waals surface area contributed by atoms with Gasteiger partial charge >= 0.3 is 6.09 Å². The van der Waals surface area contributed by atoms with Gasteiger partial charge in [0.05, 0.1) is 30.9 Å². The number of hydrogen-bond acceptors (Lipinski definition) is 8. The number of nitrogens with zero attached hydrogens (tertiary/aromatic N) is 2. The summed E-state index contributed by atoms with van der Waals surface area (Å²) in [5.74, 6) is -0.948. The summed E-state index contributed by atoms with van der Waals surface area (Å²) >= 11 is 0. The van der Waals surface area contributed by atoms with Crippen LogP contribution in [0, 0.1) is 0 Å². The number of nitrogens with one attached hydrogen (secondary N) is 1. The average molecular weight is 714 g/mol. The zero-order valence-corrected chi connectivity index (χ0v) is 29.8. The largest absolute Gasteiger partial charge is 0.445 e. The number of amides is 3. The Bertz CT molecular complexity index is 2050. The minimum Gasteiger partial charge on any atom is -0.445 e. The summed E-state index contributed by atoms with van der Waals surface area (Å²) in [6.45, 7) is 2.85. The number of fused-ring (bicyclic) bond motifs is 1. The number of carbonyl (C=O) groups is 3. The predicted molar refractivity (Wildman–Crippen MR) is 201 cm³/mol. The summed E-state index contributed by atoms with van der Waals surface area (Å²) < 4.78 is 18.4. The van der Waals surface area contributed by atoms with Gasteiger partial charge in [-0.1, -0.05) is 103 Å². The Hall–Kier alpha value is -5.39. The van der Waals surface area contributed by atoms with E-state index < -0.39 is 30.2 Å². The van der Waals surface area contributed by atoms with Crippen LogP contribution in [0.4, 0.5) is 10.5 Å². The van der Waals surface area contributed by atoms with Crippen molar-refractivity contribution in [2.45, 2.75) is 63.6 Å². The van der Waals surface area contributed by atoms with E-state index in [1.54, 1.807) is 24.3 Å². The van der Waals surface area contributed by atoms with Crippen molar-refractivity contribution in [2.75, 3.05) is 18.5 Å². The zero-order valence-electron chi connectivity index (χ0n) is 29.8. The van der Waals surface area contributed by atoms with Crippen LogP contribution >= 0.6 is 0 Å². The molecule has 272 valence electrons. The lowest BCUT2D eigenvalue weighted by Crippen LogP contribution is -2.42. The van der Waals surface area contributed by atoms with E-state index in [2.05, 4.69) is 60.6 Å². The standard InChI is InChI=1S/C43H43N3O7/c1-28(34-17-16-31-10-6-7-11-35(31)22-34)45(2)25-37-23-39(32-14-12-29(26-47)13-15-32)53-42(52-37)33-18-20-36(21-19-33)46-40(48)24-38(41(46)49)44-43(50)51-27-30-8-4-3-5-9-30/h3-22,28,37-39,42,47H,23-27H2,1-2H3,(H,44,50)/t28-,37-,38?,39+,42+/m1/s1. The van der Waals surface area contributed by atoms with Crippen molar-refractivity contribution in [1.29, 1.82) is 0 Å². The van der Waals surface area contributed by atoms with Gasteiger partial charge in [0.1, 0.15) is 12.6 Å². The Balaban J connectivity index is 1.04. The topological polar surface area (TPSA) is 118 Å². The molecule has 2 saturated heterocycles. The number of carbonyl (C=O) groups excluding carboxylic acids is 3. The molecule has 0 aromatic heterocycles. The summed E-state index contributed by atoms with van der Waals surface area (Å²) in [5.41, 5.74) is 4.95. The first-order valence-electron chi connectivity index (χ1n) is 17.9. The molecule has 1 unspecified atom stereocenters. The molecule has 10 heteroatoms. The summed E-state index contributed by atoms with van der Waals surface area (Å²) in [6.07, 6.45) is -1.48. The molecule has 2 heterocycles. The van der Waals surface area contributed by atoms with Crippen LogP contribution in [-0.2, 0) is 37.0 Å². The Morgan fingerprint density at radius 1 is 0.868 bits per heavy atom. The first-order valence-corrected chi connectivity index (χ1v) is 17.9. The molecular weight excluding hydrogens is 670 g/mol. The minimum absolute atomic E-state index is 0.0405. The summed E-state index contributed by atoms with van der Waals surface area (Å²) in [6, 6.07) is 38.0. The third kappa shape index (κ3) is 8.32. The lowest BCUT2D eigenvalue weighted by molar-refractivity contribution is -0.253. The van der Waals surface area contributed by atoms with Crippen molar-refractivity contribution in [3.63, 3.8) is 0 Å². The molecule has 3 amide bonds. The number of aliphatic hydroxyl groups is 1. The molecule has 0 saturated carbocycles. The number of ether oxygens (including phenoxy) is 3. The molecule has 5 aromatic rings. The van der Waals surface area contributed by atoms with E-state index in [0.717, 1.165) is 27.2 Å². The van der Waals surface area contributed by atoms with Gasteiger partial charge in [0, 0.05) is 24.6 Å². The SMILES string of the molecule is C[C@H](c1ccc2ccccc2c1)N(C)C[C@H]1C[C@@H](c2ccc(CO)cc2)O[C@@H](c2ccc(N3C(=O)CC(NC(=O)OCc4ccccc4)C3=O)cc2)O1. The number of aliphatic hydroxyl groups excluding tert-OH is 1. The number of anilines is 1. The number of rotatable bonds is 11. The fourth-order valence-corrected chi connectivity index (χ4v) is 6.94. The second kappa shape index (κ2) is 16.1. The molecule has 2 aliphatic heterocycles. The molecular formula is C43H43N3O7. The number of benzene rings is 5. The zero-order chi connectivity index (χ0) is 36.9. The van der Waals surface area contributed by atoms with Crippen molar-refractivity contribution in [1.82, 2.24) is 10.2 Å². The highest BCUT2D eigenvalue weighted by atomic mass is 16.7. The highest BCUT2D eigenvalue weighted by Gasteiger charge is 2.41. The van der Waals surface area contributed by atoms with E-state index >= 15 is 0 Å². The van der Waals surface area contributed by atoms with Crippen molar-refractivity contribution in [2.24, 2.45) is 0 Å². The number of likely N-dealkylation sites (N-methyl/N-ethyl adjacent to an activating group) is 1. The maximum absolute atomic E-state index is 13.3. The van der Waals surface area contributed by atoms with Gasteiger partial charge in [-0.25, -0.2) is 9.69 Å². The van der Waals surface area contributed by atoms with E-state index in [9.17, 15) is 19.5 Å². The molecule has 5 aromatic carbocycles. The summed E-state index contributed by atoms with van der Waals surface area (Å²) in [7, 11) is 2.10. The Morgan fingerprint density at radius 2 is 1.57 bits per heavy atom. The molecule has 0 bridgehead atoms. The lowest BCUT2D eigenvalue weighted by Gasteiger charge is -2.39. The normalized spacial score (nSPS) is 20.9. The van der Waals surface area contributed by atoms with Crippen LogP contribution in [0.2, 0.25) is 0 Å². The third-order valence-corrected chi connectivity index (χ3v) is 10.1. The van der Waals surface area contributed by atoms with Crippen molar-refractivity contribution < 1.29 is 33.7 Å². The van der Waals surface area contributed by atoms with Crippen LogP contribution in [0.1, 0.15) is 66.0 Å². The number of alkyl carbamates (subject to hydrolysis) is 1. The van der Waals surface area contributed by atoms with E-state index in [-0.39, 0.29) is 37.9 Å². The fraction of sp³-hybridized carbons (Fsp3) is 0.279. The van der Waals surface area contributed by atoms with Gasteiger partial charge in [-0.05, 0) is 65.2 Å². The quantitative estimate of drug-likeness (QED) is 0.139. The van der Waals surface area contributed by atoms with Crippen LogP contribution < -0.4 is 10.2 Å². The molecule has 0 aliphatic carbocycles. The van der Waals surface area contributed by atoms with Gasteiger partial charge in [0.25, 0.3) is 5.91 Å². The molecule has 2 fully saturated rings. The molecule has 2 N–H and O–H groups in total. The maximum Gasteiger partial charge on any atom is 0.408 e. The smallest absolute Gasteiger partial charge is 0.408 e. The number of hydrogen-bond donors (Lipinski definition) is 2. The molecule has 10 nitrogen and oxygen atoms in total. The monoisotopic (exact) mass is 713 g/mol. The Kier molecular flexibility index (Phi) is 10.9. The van der Waals surface area contributed by atoms with Gasteiger partial charge in [0.2, 0.25) is 5.91 Å². The van der Waals surface area contributed by atoms with Gasteiger partial charge < -0.3 is 24.6 Å². The number of imide groups is 1. The molecule has 5 atom stereocenters. The fourth-order valence-electron chi connectivity index (χ4n) is 6.94. The van der Waals surface area contributed by atoms with Gasteiger partial charge in [0.15, 0.2) is 6.29 Å². The second-order valence-corrected chi connectivity index (χ2v) is 13.7. The van der Waals surface area contributed by atoms with E-state index in [0.29, 0.717) is 18.7 Å². The molecule has 53 heavy (non-hydrogen) atoms. The summed E-state index contributed by atoms with van der Waals surface area (Å²) in [4.78, 5) is 42.1. The Morgan fingerprint density at radius 3 is 2.30 bits per heavy atom. The van der Waals surface area contributed by atoms with Crippen LogP contribution in [0.15, 0.2) is 121 Å². The van der Waals surface area contributed by atoms with Crippen molar-refractivity contribution in [3.05, 3.63) is 149 Å². The van der Waals surface area contributed by atoms with Crippen LogP contribution in [-0.4, -0.2) is 53.7 Å². The highest BCUT2D eigenvalue weighted by molar-refractivity contribution is 6.22. The van der Waals surface area contributed by atoms with E-state index in [1.165, 1.54) is 16.3 Å². The third-order valence-electron chi connectivity index (χ3n) is 10.1. The van der Waals surface area contributed by atoms with Gasteiger partial charge in [-0.15, -0.1) is 0 Å². The second-order valence-electron chi connectivity index (χ2n) is 13.7. The van der Waals surface area contributed by atoms with Gasteiger partial charge in [-0.3, -0.25) is 14.5 Å². The summed E-state index contributed by atoms with van der Waals surface area (Å²) in [5, 5.41) is 14.5. The molecule has 2 aliphatic rings. The molecule has 0 spiro atoms. The molecule has 7 rings (SSSR count). The highest BCUT2D eigenvalue weighted by Crippen LogP contribution is 2.39. The van der Waals surface area contributed by atoms with E-state index in [4.69, 9.17) is 14.2 Å². The average Bonchev–Trinajstić information content (AvgIpc) is 3.47. The van der Waals surface area contributed by atoms with Crippen LogP contribution in [0.25, 0.3) is 10.8 Å².